The molecule has 0 bridgehead atoms. The highest BCUT2D eigenvalue weighted by molar-refractivity contribution is 8.18. The molecule has 9 nitrogen and oxygen atoms in total. The van der Waals surface area contributed by atoms with Crippen molar-refractivity contribution in [3.05, 3.63) is 28.7 Å². The molecule has 3 rings (SSSR count). The van der Waals surface area contributed by atoms with E-state index >= 15 is 0 Å². The van der Waals surface area contributed by atoms with Gasteiger partial charge in [0.25, 0.3) is 11.1 Å². The molecule has 0 radical (unpaired) electrons. The second-order valence-electron chi connectivity index (χ2n) is 6.86. The number of nitrogens with zero attached hydrogens (tertiary/aromatic N) is 2. The molecule has 3 amide bonds. The van der Waals surface area contributed by atoms with Crippen LogP contribution in [0.25, 0.3) is 6.08 Å². The Balaban J connectivity index is 1.69. The number of hydrogen-bond acceptors (Lipinski definition) is 8. The number of rotatable bonds is 8. The zero-order chi connectivity index (χ0) is 22.4. The number of hydrogen-bond donors (Lipinski definition) is 0. The van der Waals surface area contributed by atoms with E-state index in [9.17, 15) is 19.2 Å². The van der Waals surface area contributed by atoms with E-state index in [4.69, 9.17) is 14.2 Å². The van der Waals surface area contributed by atoms with Crippen LogP contribution in [0.15, 0.2) is 23.1 Å². The van der Waals surface area contributed by atoms with Crippen molar-refractivity contribution < 1.29 is 33.4 Å². The number of thioether (sulfide) groups is 1. The van der Waals surface area contributed by atoms with Crippen molar-refractivity contribution in [3.63, 3.8) is 0 Å². The molecule has 2 saturated heterocycles. The number of imide groups is 1. The van der Waals surface area contributed by atoms with Crippen LogP contribution in [0.3, 0.4) is 0 Å². The molecule has 2 aliphatic rings. The summed E-state index contributed by atoms with van der Waals surface area (Å²) in [4.78, 5) is 51.6. The number of likely N-dealkylation sites (tertiary alicyclic amines) is 1. The minimum Gasteiger partial charge on any atom is -0.493 e. The summed E-state index contributed by atoms with van der Waals surface area (Å²) in [5.41, 5.74) is 0.608. The molecule has 0 aliphatic carbocycles. The molecule has 31 heavy (non-hydrogen) atoms. The fourth-order valence-electron chi connectivity index (χ4n) is 3.22. The van der Waals surface area contributed by atoms with Crippen LogP contribution in [0.4, 0.5) is 4.79 Å². The standard InChI is InChI=1S/C21H24N2O7S/c1-3-29-19(25)13-30-15-7-6-14(10-16(15)28-2)11-17-20(26)23(21(27)31-17)12-18(24)22-8-4-5-9-22/h6-7,10-11H,3-5,8-9,12-13H2,1-2H3/b17-11+. The molecule has 0 unspecified atom stereocenters. The van der Waals surface area contributed by atoms with Crippen molar-refractivity contribution in [2.24, 2.45) is 0 Å². The number of carbonyl (C=O) groups is 4. The third-order valence-electron chi connectivity index (χ3n) is 4.76. The molecule has 1 aromatic carbocycles. The maximum atomic E-state index is 12.7. The van der Waals surface area contributed by atoms with Gasteiger partial charge in [-0.3, -0.25) is 19.3 Å². The summed E-state index contributed by atoms with van der Waals surface area (Å²) in [6.45, 7) is 2.79. The SMILES string of the molecule is CCOC(=O)COc1ccc(/C=C2/SC(=O)N(CC(=O)N3CCCC3)C2=O)cc1OC. The van der Waals surface area contributed by atoms with Gasteiger partial charge in [-0.2, -0.15) is 0 Å². The van der Waals surface area contributed by atoms with Gasteiger partial charge in [-0.1, -0.05) is 6.07 Å². The molecule has 2 aliphatic heterocycles. The average molecular weight is 448 g/mol. The van der Waals surface area contributed by atoms with Crippen LogP contribution in [-0.2, 0) is 19.1 Å². The summed E-state index contributed by atoms with van der Waals surface area (Å²) in [5.74, 6) is -0.501. The highest BCUT2D eigenvalue weighted by Crippen LogP contribution is 2.34. The Hall–Kier alpha value is -3.01. The first kappa shape index (κ1) is 22.7. The van der Waals surface area contributed by atoms with Crippen molar-refractivity contribution >= 4 is 40.9 Å². The lowest BCUT2D eigenvalue weighted by atomic mass is 10.2. The molecule has 166 valence electrons. The van der Waals surface area contributed by atoms with Gasteiger partial charge in [-0.25, -0.2) is 4.79 Å². The second-order valence-corrected chi connectivity index (χ2v) is 7.85. The number of methoxy groups -OCH3 is 1. The molecule has 2 fully saturated rings. The van der Waals surface area contributed by atoms with E-state index in [1.165, 1.54) is 7.11 Å². The van der Waals surface area contributed by atoms with Crippen LogP contribution in [0.1, 0.15) is 25.3 Å². The van der Waals surface area contributed by atoms with Gasteiger partial charge in [0.2, 0.25) is 5.91 Å². The van der Waals surface area contributed by atoms with Crippen molar-refractivity contribution in [2.75, 3.05) is 40.0 Å². The van der Waals surface area contributed by atoms with Crippen LogP contribution >= 0.6 is 11.8 Å². The van der Waals surface area contributed by atoms with Crippen molar-refractivity contribution in [1.82, 2.24) is 9.80 Å². The first-order valence-electron chi connectivity index (χ1n) is 9.92. The van der Waals surface area contributed by atoms with Gasteiger partial charge in [0.15, 0.2) is 18.1 Å². The Kier molecular flexibility index (Phi) is 7.56. The van der Waals surface area contributed by atoms with E-state index < -0.39 is 17.1 Å². The lowest BCUT2D eigenvalue weighted by molar-refractivity contribution is -0.145. The summed E-state index contributed by atoms with van der Waals surface area (Å²) in [7, 11) is 1.45. The van der Waals surface area contributed by atoms with Crippen molar-refractivity contribution in [3.8, 4) is 11.5 Å². The van der Waals surface area contributed by atoms with Crippen LogP contribution in [-0.4, -0.2) is 72.8 Å². The van der Waals surface area contributed by atoms with E-state index in [1.807, 2.05) is 0 Å². The van der Waals surface area contributed by atoms with E-state index in [1.54, 1.807) is 36.1 Å². The van der Waals surface area contributed by atoms with Gasteiger partial charge in [0.1, 0.15) is 6.54 Å². The third-order valence-corrected chi connectivity index (χ3v) is 5.67. The average Bonchev–Trinajstić information content (AvgIpc) is 3.38. The predicted octanol–water partition coefficient (Wildman–Crippen LogP) is 2.30. The lowest BCUT2D eigenvalue weighted by Gasteiger charge is -2.18. The zero-order valence-electron chi connectivity index (χ0n) is 17.4. The zero-order valence-corrected chi connectivity index (χ0v) is 18.2. The third kappa shape index (κ3) is 5.57. The Morgan fingerprint density at radius 2 is 1.90 bits per heavy atom. The highest BCUT2D eigenvalue weighted by atomic mass is 32.2. The van der Waals surface area contributed by atoms with Gasteiger partial charge in [0.05, 0.1) is 18.6 Å². The molecule has 2 heterocycles. The number of ether oxygens (including phenoxy) is 3. The summed E-state index contributed by atoms with van der Waals surface area (Å²) in [5, 5.41) is -0.467. The van der Waals surface area contributed by atoms with E-state index in [0.717, 1.165) is 29.5 Å². The van der Waals surface area contributed by atoms with Gasteiger partial charge >= 0.3 is 5.97 Å². The molecule has 0 atom stereocenters. The molecule has 0 aromatic heterocycles. The summed E-state index contributed by atoms with van der Waals surface area (Å²) in [6.07, 6.45) is 3.44. The molecule has 0 N–H and O–H groups in total. The van der Waals surface area contributed by atoms with E-state index in [2.05, 4.69) is 0 Å². The van der Waals surface area contributed by atoms with E-state index in [-0.39, 0.29) is 30.6 Å². The quantitative estimate of drug-likeness (QED) is 0.441. The Morgan fingerprint density at radius 1 is 1.16 bits per heavy atom. The second kappa shape index (κ2) is 10.3. The number of benzene rings is 1. The maximum absolute atomic E-state index is 12.7. The molecule has 0 spiro atoms. The fraction of sp³-hybridized carbons (Fsp3) is 0.429. The first-order chi connectivity index (χ1) is 14.9. The van der Waals surface area contributed by atoms with Gasteiger partial charge < -0.3 is 19.1 Å². The molecule has 0 saturated carbocycles. The smallest absolute Gasteiger partial charge is 0.344 e. The van der Waals surface area contributed by atoms with Crippen LogP contribution < -0.4 is 9.47 Å². The highest BCUT2D eigenvalue weighted by Gasteiger charge is 2.37. The summed E-state index contributed by atoms with van der Waals surface area (Å²) >= 11 is 0.793. The van der Waals surface area contributed by atoms with Crippen molar-refractivity contribution in [2.45, 2.75) is 19.8 Å². The van der Waals surface area contributed by atoms with Crippen molar-refractivity contribution in [1.29, 1.82) is 0 Å². The van der Waals surface area contributed by atoms with Crippen LogP contribution in [0, 0.1) is 0 Å². The lowest BCUT2D eigenvalue weighted by Crippen LogP contribution is -2.40. The Labute approximate surface area is 184 Å². The monoisotopic (exact) mass is 448 g/mol. The molecule has 1 aromatic rings. The normalized spacial score (nSPS) is 17.4. The van der Waals surface area contributed by atoms with Crippen LogP contribution in [0.5, 0.6) is 11.5 Å². The summed E-state index contributed by atoms with van der Waals surface area (Å²) in [6, 6.07) is 4.90. The Morgan fingerprint density at radius 3 is 2.58 bits per heavy atom. The molecular weight excluding hydrogens is 424 g/mol. The number of amides is 3. The van der Waals surface area contributed by atoms with Crippen LogP contribution in [0.2, 0.25) is 0 Å². The van der Waals surface area contributed by atoms with Gasteiger partial charge in [-0.15, -0.1) is 0 Å². The van der Waals surface area contributed by atoms with Gasteiger partial charge in [0, 0.05) is 13.1 Å². The summed E-state index contributed by atoms with van der Waals surface area (Å²) < 4.78 is 15.5. The largest absolute Gasteiger partial charge is 0.493 e. The topological polar surface area (TPSA) is 102 Å². The van der Waals surface area contributed by atoms with Gasteiger partial charge in [-0.05, 0) is 55.3 Å². The molecular formula is C21H24N2O7S. The number of carbonyl (C=O) groups excluding carboxylic acids is 4. The predicted molar refractivity (Wildman–Crippen MR) is 114 cm³/mol. The first-order valence-corrected chi connectivity index (χ1v) is 10.7. The minimum absolute atomic E-state index is 0.217. The Bertz CT molecular complexity index is 909. The minimum atomic E-state index is -0.496. The number of esters is 1. The van der Waals surface area contributed by atoms with E-state index in [0.29, 0.717) is 30.2 Å². The fourth-order valence-corrected chi connectivity index (χ4v) is 4.06. The molecule has 10 heteroatoms. The maximum Gasteiger partial charge on any atom is 0.344 e.